The lowest BCUT2D eigenvalue weighted by molar-refractivity contribution is -0.129. The first-order chi connectivity index (χ1) is 15.5. The summed E-state index contributed by atoms with van der Waals surface area (Å²) >= 11 is 0. The maximum atomic E-state index is 14.6. The van der Waals surface area contributed by atoms with E-state index in [0.717, 1.165) is 25.3 Å². The zero-order valence-corrected chi connectivity index (χ0v) is 19.2. The minimum absolute atomic E-state index is 0.0193. The van der Waals surface area contributed by atoms with Gasteiger partial charge in [0.15, 0.2) is 0 Å². The SMILES string of the molecule is CC12CC3CC(C)(C1)CC(NC(=O)Nc1ccc(C(=O)NCCCC(=O)NO)cc1F)(C3)C2. The maximum Gasteiger partial charge on any atom is 0.319 e. The van der Waals surface area contributed by atoms with Crippen molar-refractivity contribution in [3.8, 4) is 0 Å². The Kier molecular flexibility index (Phi) is 6.11. The summed E-state index contributed by atoms with van der Waals surface area (Å²) in [5.41, 5.74) is 1.92. The highest BCUT2D eigenvalue weighted by Gasteiger charge is 2.60. The summed E-state index contributed by atoms with van der Waals surface area (Å²) in [6.45, 7) is 4.86. The van der Waals surface area contributed by atoms with Gasteiger partial charge in [0.05, 0.1) is 5.69 Å². The molecular formula is C24H33FN4O4. The molecule has 1 aromatic carbocycles. The Labute approximate surface area is 193 Å². The van der Waals surface area contributed by atoms with Crippen LogP contribution in [0.15, 0.2) is 18.2 Å². The van der Waals surface area contributed by atoms with E-state index in [1.54, 1.807) is 0 Å². The molecule has 0 spiro atoms. The third-order valence-corrected chi connectivity index (χ3v) is 7.48. The van der Waals surface area contributed by atoms with Crippen molar-refractivity contribution in [2.75, 3.05) is 11.9 Å². The molecule has 2 atom stereocenters. The normalized spacial score (nSPS) is 31.7. The number of carbonyl (C=O) groups excluding carboxylic acids is 3. The van der Waals surface area contributed by atoms with Crippen molar-refractivity contribution in [1.29, 1.82) is 0 Å². The Morgan fingerprint density at radius 2 is 1.79 bits per heavy atom. The van der Waals surface area contributed by atoms with Gasteiger partial charge in [-0.25, -0.2) is 14.7 Å². The second kappa shape index (κ2) is 8.59. The van der Waals surface area contributed by atoms with Gasteiger partial charge < -0.3 is 16.0 Å². The molecule has 0 saturated heterocycles. The average Bonchev–Trinajstić information content (AvgIpc) is 2.69. The van der Waals surface area contributed by atoms with Crippen molar-refractivity contribution in [1.82, 2.24) is 16.1 Å². The fourth-order valence-electron chi connectivity index (χ4n) is 7.35. The molecule has 4 fully saturated rings. The molecule has 5 N–H and O–H groups in total. The summed E-state index contributed by atoms with van der Waals surface area (Å²) in [6.07, 6.45) is 6.94. The average molecular weight is 461 g/mol. The van der Waals surface area contributed by atoms with E-state index >= 15 is 0 Å². The lowest BCUT2D eigenvalue weighted by atomic mass is 9.43. The van der Waals surface area contributed by atoms with Crippen LogP contribution in [0.4, 0.5) is 14.9 Å². The number of anilines is 1. The Bertz CT molecular complexity index is 950. The van der Waals surface area contributed by atoms with Crippen LogP contribution in [-0.4, -0.2) is 35.1 Å². The van der Waals surface area contributed by atoms with E-state index in [9.17, 15) is 18.8 Å². The van der Waals surface area contributed by atoms with Crippen LogP contribution < -0.4 is 21.4 Å². The molecule has 4 amide bonds. The Hall–Kier alpha value is -2.68. The molecule has 9 heteroatoms. The van der Waals surface area contributed by atoms with Crippen LogP contribution >= 0.6 is 0 Å². The van der Waals surface area contributed by atoms with Gasteiger partial charge in [-0.3, -0.25) is 14.8 Å². The minimum atomic E-state index is -0.693. The molecule has 4 saturated carbocycles. The number of halogens is 1. The zero-order chi connectivity index (χ0) is 23.9. The standard InChI is InChI=1S/C24H33FN4O4/c1-22-9-15-10-23(2,12-22)14-24(11-15,13-22)28-21(32)27-18-6-5-16(8-17(18)25)20(31)26-7-3-4-19(30)29-33/h5-6,8,15,33H,3-4,7,9-14H2,1-2H3,(H,26,31)(H,29,30)(H2,27,28,32). The largest absolute Gasteiger partial charge is 0.352 e. The fourth-order valence-corrected chi connectivity index (χ4v) is 7.35. The number of urea groups is 1. The molecule has 4 aliphatic carbocycles. The van der Waals surface area contributed by atoms with Gasteiger partial charge >= 0.3 is 6.03 Å². The van der Waals surface area contributed by atoms with Gasteiger partial charge in [0, 0.05) is 24.1 Å². The minimum Gasteiger partial charge on any atom is -0.352 e. The van der Waals surface area contributed by atoms with Crippen LogP contribution in [0.1, 0.15) is 75.6 Å². The topological polar surface area (TPSA) is 120 Å². The van der Waals surface area contributed by atoms with Gasteiger partial charge in [0.1, 0.15) is 5.82 Å². The van der Waals surface area contributed by atoms with Gasteiger partial charge in [0.25, 0.3) is 5.91 Å². The number of hydrogen-bond acceptors (Lipinski definition) is 4. The number of amides is 4. The maximum absolute atomic E-state index is 14.6. The molecule has 0 heterocycles. The number of nitrogens with one attached hydrogen (secondary N) is 4. The Morgan fingerprint density at radius 1 is 1.09 bits per heavy atom. The highest BCUT2D eigenvalue weighted by molar-refractivity contribution is 5.95. The quantitative estimate of drug-likeness (QED) is 0.242. The van der Waals surface area contributed by atoms with Crippen molar-refractivity contribution >= 4 is 23.5 Å². The molecule has 0 aliphatic heterocycles. The van der Waals surface area contributed by atoms with Crippen molar-refractivity contribution in [2.45, 2.75) is 70.8 Å². The highest BCUT2D eigenvalue weighted by atomic mass is 19.1. The molecule has 33 heavy (non-hydrogen) atoms. The van der Waals surface area contributed by atoms with Gasteiger partial charge in [-0.05, 0) is 79.9 Å². The first kappa shape index (κ1) is 23.5. The second-order valence-electron chi connectivity index (χ2n) is 11.1. The summed E-state index contributed by atoms with van der Waals surface area (Å²) in [5.74, 6) is -1.09. The van der Waals surface area contributed by atoms with Crippen LogP contribution in [0.25, 0.3) is 0 Å². The molecule has 5 rings (SSSR count). The number of benzene rings is 1. The van der Waals surface area contributed by atoms with Crippen molar-refractivity contribution < 1.29 is 24.0 Å². The number of hydroxylamine groups is 1. The molecule has 1 aromatic rings. The fraction of sp³-hybridized carbons (Fsp3) is 0.625. The van der Waals surface area contributed by atoms with Crippen LogP contribution in [0.3, 0.4) is 0 Å². The van der Waals surface area contributed by atoms with E-state index in [-0.39, 0.29) is 40.6 Å². The number of carbonyl (C=O) groups is 3. The molecular weight excluding hydrogens is 427 g/mol. The first-order valence-electron chi connectivity index (χ1n) is 11.6. The van der Waals surface area contributed by atoms with Crippen LogP contribution in [0.2, 0.25) is 0 Å². The Morgan fingerprint density at radius 3 is 2.39 bits per heavy atom. The predicted octanol–water partition coefficient (Wildman–Crippen LogP) is 3.71. The molecule has 0 radical (unpaired) electrons. The third kappa shape index (κ3) is 5.13. The molecule has 0 aromatic heterocycles. The van der Waals surface area contributed by atoms with Gasteiger partial charge in [-0.2, -0.15) is 0 Å². The van der Waals surface area contributed by atoms with E-state index in [2.05, 4.69) is 29.8 Å². The first-order valence-corrected chi connectivity index (χ1v) is 11.6. The summed E-state index contributed by atoms with van der Waals surface area (Å²) in [4.78, 5) is 36.0. The molecule has 8 nitrogen and oxygen atoms in total. The summed E-state index contributed by atoms with van der Waals surface area (Å²) < 4.78 is 14.6. The van der Waals surface area contributed by atoms with Crippen LogP contribution in [0.5, 0.6) is 0 Å². The number of rotatable bonds is 7. The van der Waals surface area contributed by atoms with Crippen LogP contribution in [0, 0.1) is 22.6 Å². The number of hydrogen-bond donors (Lipinski definition) is 5. The van der Waals surface area contributed by atoms with Gasteiger partial charge in [0.2, 0.25) is 5.91 Å². The molecule has 4 bridgehead atoms. The van der Waals surface area contributed by atoms with E-state index in [4.69, 9.17) is 5.21 Å². The molecule has 4 aliphatic rings. The van der Waals surface area contributed by atoms with Crippen LogP contribution in [-0.2, 0) is 4.79 Å². The third-order valence-electron chi connectivity index (χ3n) is 7.48. The van der Waals surface area contributed by atoms with E-state index < -0.39 is 23.7 Å². The smallest absolute Gasteiger partial charge is 0.319 e. The highest BCUT2D eigenvalue weighted by Crippen LogP contribution is 2.66. The Balaban J connectivity index is 1.33. The lowest BCUT2D eigenvalue weighted by Crippen LogP contribution is -2.65. The van der Waals surface area contributed by atoms with Crippen molar-refractivity contribution in [3.05, 3.63) is 29.6 Å². The molecule has 180 valence electrons. The van der Waals surface area contributed by atoms with Crippen molar-refractivity contribution in [3.63, 3.8) is 0 Å². The lowest BCUT2D eigenvalue weighted by Gasteiger charge is -2.65. The summed E-state index contributed by atoms with van der Waals surface area (Å²) in [7, 11) is 0. The van der Waals surface area contributed by atoms with E-state index in [1.165, 1.54) is 36.9 Å². The van der Waals surface area contributed by atoms with E-state index in [0.29, 0.717) is 12.3 Å². The summed E-state index contributed by atoms with van der Waals surface area (Å²) in [5, 5.41) is 16.9. The zero-order valence-electron chi connectivity index (χ0n) is 19.2. The predicted molar refractivity (Wildman–Crippen MR) is 120 cm³/mol. The summed E-state index contributed by atoms with van der Waals surface area (Å²) in [6, 6.07) is 3.49. The van der Waals surface area contributed by atoms with Gasteiger partial charge in [-0.15, -0.1) is 0 Å². The second-order valence-corrected chi connectivity index (χ2v) is 11.1. The molecule has 2 unspecified atom stereocenters. The van der Waals surface area contributed by atoms with E-state index in [1.807, 2.05) is 0 Å². The van der Waals surface area contributed by atoms with Gasteiger partial charge in [-0.1, -0.05) is 13.8 Å². The van der Waals surface area contributed by atoms with Crippen molar-refractivity contribution in [2.24, 2.45) is 16.7 Å². The monoisotopic (exact) mass is 460 g/mol.